The molecule has 1 N–H and O–H groups in total. The molecule has 1 amide bonds. The first kappa shape index (κ1) is 15.0. The minimum atomic E-state index is 0.169. The lowest BCUT2D eigenvalue weighted by molar-refractivity contribution is 0.0731. The highest BCUT2D eigenvalue weighted by Gasteiger charge is 2.29. The van der Waals surface area contributed by atoms with Crippen LogP contribution < -0.4 is 0 Å². The SMILES string of the molecule is O=C(c1ccc2cc[nH]c2c1)N1CCC[C@@H]1CCc1ccccc1. The fourth-order valence-corrected chi connectivity index (χ4v) is 3.73. The van der Waals surface area contributed by atoms with Gasteiger partial charge in [0, 0.05) is 29.9 Å². The molecule has 0 bridgehead atoms. The van der Waals surface area contributed by atoms with Gasteiger partial charge in [-0.1, -0.05) is 36.4 Å². The van der Waals surface area contributed by atoms with E-state index in [1.807, 2.05) is 36.5 Å². The Balaban J connectivity index is 1.48. The van der Waals surface area contributed by atoms with Gasteiger partial charge in [-0.2, -0.15) is 0 Å². The molecule has 1 aliphatic rings. The Morgan fingerprint density at radius 3 is 2.88 bits per heavy atom. The largest absolute Gasteiger partial charge is 0.361 e. The number of nitrogens with one attached hydrogen (secondary N) is 1. The number of hydrogen-bond donors (Lipinski definition) is 1. The van der Waals surface area contributed by atoms with Crippen LogP contribution in [0.2, 0.25) is 0 Å². The van der Waals surface area contributed by atoms with Crippen molar-refractivity contribution in [1.82, 2.24) is 9.88 Å². The van der Waals surface area contributed by atoms with Crippen LogP contribution in [0.1, 0.15) is 35.2 Å². The smallest absolute Gasteiger partial charge is 0.254 e. The Kier molecular flexibility index (Phi) is 4.08. The third-order valence-corrected chi connectivity index (χ3v) is 5.05. The van der Waals surface area contributed by atoms with E-state index in [9.17, 15) is 4.79 Å². The number of likely N-dealkylation sites (tertiary alicyclic amines) is 1. The van der Waals surface area contributed by atoms with Crippen molar-refractivity contribution in [2.24, 2.45) is 0 Å². The Labute approximate surface area is 142 Å². The first-order chi connectivity index (χ1) is 11.8. The molecule has 3 nitrogen and oxygen atoms in total. The molecule has 122 valence electrons. The molecule has 24 heavy (non-hydrogen) atoms. The third-order valence-electron chi connectivity index (χ3n) is 5.05. The number of hydrogen-bond acceptors (Lipinski definition) is 1. The standard InChI is InChI=1S/C21H22N2O/c24-21(18-10-9-17-12-13-22-20(17)15-18)23-14-4-7-19(23)11-8-16-5-2-1-3-6-16/h1-3,5-6,9-10,12-13,15,19,22H,4,7-8,11,14H2/t19-/m1/s1. The van der Waals surface area contributed by atoms with Crippen molar-refractivity contribution in [2.45, 2.75) is 31.7 Å². The van der Waals surface area contributed by atoms with Crippen LogP contribution in [-0.2, 0) is 6.42 Å². The number of amides is 1. The molecule has 4 rings (SSSR count). The van der Waals surface area contributed by atoms with E-state index in [0.29, 0.717) is 6.04 Å². The van der Waals surface area contributed by atoms with E-state index in [2.05, 4.69) is 34.1 Å². The average Bonchev–Trinajstić information content (AvgIpc) is 3.28. The van der Waals surface area contributed by atoms with Gasteiger partial charge in [0.05, 0.1) is 0 Å². The summed E-state index contributed by atoms with van der Waals surface area (Å²) in [7, 11) is 0. The number of aromatic amines is 1. The molecule has 0 aliphatic carbocycles. The van der Waals surface area contributed by atoms with Crippen molar-refractivity contribution >= 4 is 16.8 Å². The van der Waals surface area contributed by atoms with E-state index in [1.165, 1.54) is 5.56 Å². The van der Waals surface area contributed by atoms with Gasteiger partial charge in [-0.25, -0.2) is 0 Å². The Bertz CT molecular complexity index is 837. The third kappa shape index (κ3) is 2.94. The highest BCUT2D eigenvalue weighted by Crippen LogP contribution is 2.25. The second-order valence-corrected chi connectivity index (χ2v) is 6.60. The molecular weight excluding hydrogens is 296 g/mol. The number of benzene rings is 2. The van der Waals surface area contributed by atoms with Crippen LogP contribution in [0.5, 0.6) is 0 Å². The van der Waals surface area contributed by atoms with Crippen LogP contribution in [0.4, 0.5) is 0 Å². The molecule has 2 heterocycles. The molecule has 1 saturated heterocycles. The fourth-order valence-electron chi connectivity index (χ4n) is 3.73. The van der Waals surface area contributed by atoms with Crippen LogP contribution >= 0.6 is 0 Å². The summed E-state index contributed by atoms with van der Waals surface area (Å²) in [6, 6.07) is 18.9. The lowest BCUT2D eigenvalue weighted by atomic mass is 10.0. The van der Waals surface area contributed by atoms with Crippen molar-refractivity contribution < 1.29 is 4.79 Å². The van der Waals surface area contributed by atoms with E-state index in [1.54, 1.807) is 0 Å². The number of rotatable bonds is 4. The Hall–Kier alpha value is -2.55. The summed E-state index contributed by atoms with van der Waals surface area (Å²) in [6.45, 7) is 0.876. The number of H-pyrrole nitrogens is 1. The van der Waals surface area contributed by atoms with Crippen molar-refractivity contribution in [2.75, 3.05) is 6.54 Å². The summed E-state index contributed by atoms with van der Waals surface area (Å²) >= 11 is 0. The zero-order valence-corrected chi connectivity index (χ0v) is 13.7. The maximum Gasteiger partial charge on any atom is 0.254 e. The molecule has 1 fully saturated rings. The van der Waals surface area contributed by atoms with Crippen molar-refractivity contribution in [1.29, 1.82) is 0 Å². The zero-order valence-electron chi connectivity index (χ0n) is 13.7. The predicted octanol–water partition coefficient (Wildman–Crippen LogP) is 4.41. The van der Waals surface area contributed by atoms with Gasteiger partial charge in [0.2, 0.25) is 0 Å². The molecule has 0 unspecified atom stereocenters. The number of fused-ring (bicyclic) bond motifs is 1. The minimum Gasteiger partial charge on any atom is -0.361 e. The number of aromatic nitrogens is 1. The Morgan fingerprint density at radius 2 is 2.00 bits per heavy atom. The van der Waals surface area contributed by atoms with Gasteiger partial charge in [0.25, 0.3) is 5.91 Å². The second-order valence-electron chi connectivity index (χ2n) is 6.60. The maximum atomic E-state index is 12.9. The van der Waals surface area contributed by atoms with E-state index in [4.69, 9.17) is 0 Å². The Morgan fingerprint density at radius 1 is 1.12 bits per heavy atom. The van der Waals surface area contributed by atoms with Crippen molar-refractivity contribution in [3.63, 3.8) is 0 Å². The summed E-state index contributed by atoms with van der Waals surface area (Å²) in [5.74, 6) is 0.169. The maximum absolute atomic E-state index is 12.9. The monoisotopic (exact) mass is 318 g/mol. The van der Waals surface area contributed by atoms with E-state index >= 15 is 0 Å². The summed E-state index contributed by atoms with van der Waals surface area (Å²) in [4.78, 5) is 18.2. The van der Waals surface area contributed by atoms with Gasteiger partial charge < -0.3 is 9.88 Å². The topological polar surface area (TPSA) is 36.1 Å². The molecule has 3 heteroatoms. The molecule has 3 aromatic rings. The molecule has 1 aliphatic heterocycles. The number of aryl methyl sites for hydroxylation is 1. The highest BCUT2D eigenvalue weighted by atomic mass is 16.2. The van der Waals surface area contributed by atoms with E-state index in [-0.39, 0.29) is 5.91 Å². The summed E-state index contributed by atoms with van der Waals surface area (Å²) in [5.41, 5.74) is 3.17. The first-order valence-electron chi connectivity index (χ1n) is 8.73. The molecule has 0 radical (unpaired) electrons. The number of carbonyl (C=O) groups is 1. The van der Waals surface area contributed by atoms with E-state index < -0.39 is 0 Å². The van der Waals surface area contributed by atoms with Crippen molar-refractivity contribution in [3.8, 4) is 0 Å². The zero-order chi connectivity index (χ0) is 16.4. The van der Waals surface area contributed by atoms with Crippen LogP contribution in [0.15, 0.2) is 60.8 Å². The second kappa shape index (κ2) is 6.52. The lowest BCUT2D eigenvalue weighted by Crippen LogP contribution is -2.35. The molecule has 2 aromatic carbocycles. The normalized spacial score (nSPS) is 17.5. The van der Waals surface area contributed by atoms with Crippen LogP contribution in [-0.4, -0.2) is 28.4 Å². The average molecular weight is 318 g/mol. The molecule has 1 atom stereocenters. The number of nitrogens with zero attached hydrogens (tertiary/aromatic N) is 1. The molecule has 0 spiro atoms. The minimum absolute atomic E-state index is 0.169. The molecular formula is C21H22N2O. The van der Waals surface area contributed by atoms with Crippen molar-refractivity contribution in [3.05, 3.63) is 71.9 Å². The van der Waals surface area contributed by atoms with Gasteiger partial charge in [-0.15, -0.1) is 0 Å². The summed E-state index contributed by atoms with van der Waals surface area (Å²) in [5, 5.41) is 1.15. The molecule has 0 saturated carbocycles. The van der Waals surface area contributed by atoms with E-state index in [0.717, 1.165) is 48.7 Å². The number of carbonyl (C=O) groups excluding carboxylic acids is 1. The fraction of sp³-hybridized carbons (Fsp3) is 0.286. The quantitative estimate of drug-likeness (QED) is 0.760. The summed E-state index contributed by atoms with van der Waals surface area (Å²) < 4.78 is 0. The van der Waals surface area contributed by atoms with Crippen LogP contribution in [0, 0.1) is 0 Å². The summed E-state index contributed by atoms with van der Waals surface area (Å²) in [6.07, 6.45) is 6.21. The van der Waals surface area contributed by atoms with Gasteiger partial charge in [-0.3, -0.25) is 4.79 Å². The van der Waals surface area contributed by atoms with Gasteiger partial charge in [-0.05, 0) is 54.8 Å². The van der Waals surface area contributed by atoms with Crippen LogP contribution in [0.3, 0.4) is 0 Å². The van der Waals surface area contributed by atoms with Gasteiger partial charge >= 0.3 is 0 Å². The predicted molar refractivity (Wildman–Crippen MR) is 97.1 cm³/mol. The molecule has 1 aromatic heterocycles. The first-order valence-corrected chi connectivity index (χ1v) is 8.73. The van der Waals surface area contributed by atoms with Crippen LogP contribution in [0.25, 0.3) is 10.9 Å². The van der Waals surface area contributed by atoms with Gasteiger partial charge in [0.15, 0.2) is 0 Å². The highest BCUT2D eigenvalue weighted by molar-refractivity contribution is 5.98. The lowest BCUT2D eigenvalue weighted by Gasteiger charge is -2.25. The van der Waals surface area contributed by atoms with Gasteiger partial charge in [0.1, 0.15) is 0 Å².